The van der Waals surface area contributed by atoms with Crippen molar-refractivity contribution in [1.29, 1.82) is 0 Å². The second-order valence-electron chi connectivity index (χ2n) is 9.55. The molecular formula is C41H38N2. The molecule has 0 aliphatic heterocycles. The number of benzene rings is 3. The third-order valence-corrected chi connectivity index (χ3v) is 6.97. The predicted octanol–water partition coefficient (Wildman–Crippen LogP) is 11.7. The van der Waals surface area contributed by atoms with Crippen LogP contribution in [0.25, 0.3) is 51.2 Å². The maximum Gasteiger partial charge on any atom is 0.0715 e. The Bertz CT molecular complexity index is 1730. The number of nitrogens with zero attached hydrogens (tertiary/aromatic N) is 1. The van der Waals surface area contributed by atoms with E-state index in [-0.39, 0.29) is 0 Å². The number of aromatic nitrogens is 1. The summed E-state index contributed by atoms with van der Waals surface area (Å²) in [6, 6.07) is 39.5. The maximum absolute atomic E-state index is 5.01. The highest BCUT2D eigenvalue weighted by molar-refractivity contribution is 5.90. The lowest BCUT2D eigenvalue weighted by Crippen LogP contribution is -1.97. The molecule has 0 aliphatic rings. The van der Waals surface area contributed by atoms with Crippen LogP contribution in [0.5, 0.6) is 0 Å². The van der Waals surface area contributed by atoms with Gasteiger partial charge in [-0.3, -0.25) is 0 Å². The first kappa shape index (κ1) is 30.6. The number of hydrogen-bond donors (Lipinski definition) is 1. The molecule has 0 amide bonds. The second-order valence-corrected chi connectivity index (χ2v) is 9.55. The largest absolute Gasteiger partial charge is 0.355 e. The molecule has 5 rings (SSSR count). The van der Waals surface area contributed by atoms with Crippen molar-refractivity contribution in [2.45, 2.75) is 27.7 Å². The minimum atomic E-state index is 0.948. The van der Waals surface area contributed by atoms with Crippen LogP contribution in [0.15, 0.2) is 128 Å². The van der Waals surface area contributed by atoms with E-state index in [4.69, 9.17) is 4.98 Å². The van der Waals surface area contributed by atoms with E-state index in [0.717, 1.165) is 67.3 Å². The summed E-state index contributed by atoms with van der Waals surface area (Å²) >= 11 is 0. The zero-order valence-electron chi connectivity index (χ0n) is 25.5. The summed E-state index contributed by atoms with van der Waals surface area (Å²) in [7, 11) is 0. The van der Waals surface area contributed by atoms with Crippen LogP contribution in [-0.2, 0) is 0 Å². The second kappa shape index (κ2) is 15.0. The molecule has 1 heterocycles. The Morgan fingerprint density at radius 3 is 2.19 bits per heavy atom. The van der Waals surface area contributed by atoms with Crippen LogP contribution in [-0.4, -0.2) is 4.98 Å². The van der Waals surface area contributed by atoms with Crippen molar-refractivity contribution < 1.29 is 0 Å². The molecule has 0 bridgehead atoms. The minimum absolute atomic E-state index is 0.948. The fourth-order valence-corrected chi connectivity index (χ4v) is 4.94. The first-order valence-electron chi connectivity index (χ1n) is 14.7. The van der Waals surface area contributed by atoms with Crippen molar-refractivity contribution in [2.75, 3.05) is 5.32 Å². The molecule has 0 saturated heterocycles. The summed E-state index contributed by atoms with van der Waals surface area (Å²) in [6.45, 7) is 16.1. The number of rotatable bonds is 9. The number of allylic oxidation sites excluding steroid dienone is 4. The van der Waals surface area contributed by atoms with E-state index in [1.54, 1.807) is 0 Å². The zero-order valence-corrected chi connectivity index (χ0v) is 25.5. The fourth-order valence-electron chi connectivity index (χ4n) is 4.94. The van der Waals surface area contributed by atoms with Gasteiger partial charge in [-0.05, 0) is 84.1 Å². The van der Waals surface area contributed by atoms with E-state index in [2.05, 4.69) is 103 Å². The molecule has 0 aliphatic carbocycles. The number of pyridine rings is 1. The Hall–Kier alpha value is -5.39. The topological polar surface area (TPSA) is 24.9 Å². The van der Waals surface area contributed by atoms with Crippen LogP contribution in [0.3, 0.4) is 0 Å². The minimum Gasteiger partial charge on any atom is -0.355 e. The summed E-state index contributed by atoms with van der Waals surface area (Å²) in [4.78, 5) is 5.01. The molecule has 0 fully saturated rings. The van der Waals surface area contributed by atoms with Gasteiger partial charge in [0.15, 0.2) is 0 Å². The van der Waals surface area contributed by atoms with Gasteiger partial charge in [0.2, 0.25) is 0 Å². The molecule has 1 aromatic heterocycles. The Balaban J connectivity index is 0.00000207. The quantitative estimate of drug-likeness (QED) is 0.182. The van der Waals surface area contributed by atoms with E-state index >= 15 is 0 Å². The molecule has 212 valence electrons. The van der Waals surface area contributed by atoms with Gasteiger partial charge in [0.25, 0.3) is 0 Å². The van der Waals surface area contributed by atoms with Crippen molar-refractivity contribution >= 4 is 29.1 Å². The highest BCUT2D eigenvalue weighted by atomic mass is 14.9. The summed E-state index contributed by atoms with van der Waals surface area (Å²) < 4.78 is 0. The van der Waals surface area contributed by atoms with Crippen LogP contribution in [0.1, 0.15) is 44.5 Å². The normalized spacial score (nSPS) is 10.8. The van der Waals surface area contributed by atoms with E-state index in [1.807, 2.05) is 82.3 Å². The number of nitrogens with one attached hydrogen (secondary N) is 1. The van der Waals surface area contributed by atoms with Gasteiger partial charge in [-0.15, -0.1) is 0 Å². The molecule has 4 aromatic carbocycles. The number of anilines is 2. The standard InChI is InChI=1S/C39H32N2.C2H6/c1-5-15-29(7-3)37-26-33(27-38(41-37)31-16-11-9-12-17-31)30-20-23-34(24-21-30)40-36-25-22-28(6-2)35(8-4)39(36)32-18-13-10-14-19-32;1-2/h5-13,15-18,20-27,40H,2,4H2,1,3H3;1-2H3/b15-5-,29-7+;. The summed E-state index contributed by atoms with van der Waals surface area (Å²) in [6.07, 6.45) is 9.98. The van der Waals surface area contributed by atoms with E-state index in [1.165, 1.54) is 0 Å². The molecule has 2 nitrogen and oxygen atoms in total. The molecule has 0 atom stereocenters. The van der Waals surface area contributed by atoms with E-state index < -0.39 is 0 Å². The van der Waals surface area contributed by atoms with Crippen molar-refractivity contribution in [3.05, 3.63) is 157 Å². The first-order valence-corrected chi connectivity index (χ1v) is 14.7. The summed E-state index contributed by atoms with van der Waals surface area (Å²) in [5, 5.41) is 3.62. The highest BCUT2D eigenvalue weighted by Crippen LogP contribution is 2.37. The zero-order chi connectivity index (χ0) is 30.6. The third kappa shape index (κ3) is 7.10. The van der Waals surface area contributed by atoms with Gasteiger partial charge in [0, 0.05) is 28.1 Å². The average molecular weight is 559 g/mol. The van der Waals surface area contributed by atoms with Gasteiger partial charge in [-0.2, -0.15) is 0 Å². The molecule has 0 radical (unpaired) electrons. The molecule has 43 heavy (non-hydrogen) atoms. The van der Waals surface area contributed by atoms with Crippen molar-refractivity contribution in [3.63, 3.8) is 0 Å². The van der Waals surface area contributed by atoms with Crippen LogP contribution in [0.2, 0.25) is 0 Å². The molecule has 5 aromatic rings. The predicted molar refractivity (Wildman–Crippen MR) is 188 cm³/mol. The monoisotopic (exact) mass is 558 g/mol. The van der Waals surface area contributed by atoms with Gasteiger partial charge in [-0.1, -0.05) is 124 Å². The van der Waals surface area contributed by atoms with Gasteiger partial charge >= 0.3 is 0 Å². The van der Waals surface area contributed by atoms with Crippen molar-refractivity contribution in [1.82, 2.24) is 4.98 Å². The lowest BCUT2D eigenvalue weighted by atomic mass is 9.94. The SMILES string of the molecule is C=Cc1ccc(Nc2ccc(-c3cc(C(/C=C\C)=C/C)nc(-c4ccccc4)c3)cc2)c(-c2c#cccc2)c1C=C.CC. The molecule has 0 unspecified atom stereocenters. The van der Waals surface area contributed by atoms with Gasteiger partial charge in [-0.25, -0.2) is 4.98 Å². The van der Waals surface area contributed by atoms with Crippen molar-refractivity contribution in [2.24, 2.45) is 0 Å². The Morgan fingerprint density at radius 1 is 0.791 bits per heavy atom. The Labute approximate surface area is 257 Å². The highest BCUT2D eigenvalue weighted by Gasteiger charge is 2.14. The van der Waals surface area contributed by atoms with Gasteiger partial charge in [0.05, 0.1) is 11.4 Å². The maximum atomic E-state index is 5.01. The van der Waals surface area contributed by atoms with Crippen LogP contribution in [0, 0.1) is 12.1 Å². The van der Waals surface area contributed by atoms with E-state index in [9.17, 15) is 0 Å². The molecule has 0 spiro atoms. The molecule has 0 saturated carbocycles. The molecular weight excluding hydrogens is 520 g/mol. The van der Waals surface area contributed by atoms with Crippen LogP contribution >= 0.6 is 0 Å². The summed E-state index contributed by atoms with van der Waals surface area (Å²) in [5.41, 5.74) is 12.3. The fraction of sp³-hybridized carbons (Fsp3) is 0.0976. The van der Waals surface area contributed by atoms with Crippen LogP contribution in [0.4, 0.5) is 11.4 Å². The molecule has 2 heteroatoms. The lowest BCUT2D eigenvalue weighted by Gasteiger charge is -2.17. The third-order valence-electron chi connectivity index (χ3n) is 6.97. The van der Waals surface area contributed by atoms with Crippen molar-refractivity contribution in [3.8, 4) is 33.5 Å². The van der Waals surface area contributed by atoms with Gasteiger partial charge < -0.3 is 5.32 Å². The summed E-state index contributed by atoms with van der Waals surface area (Å²) in [5.74, 6) is 0. The average Bonchev–Trinajstić information content (AvgIpc) is 3.08. The van der Waals surface area contributed by atoms with E-state index in [0.29, 0.717) is 0 Å². The Kier molecular flexibility index (Phi) is 10.7. The first-order chi connectivity index (χ1) is 21.1. The Morgan fingerprint density at radius 2 is 1.56 bits per heavy atom. The molecule has 1 N–H and O–H groups in total. The lowest BCUT2D eigenvalue weighted by molar-refractivity contribution is 1.28. The smallest absolute Gasteiger partial charge is 0.0715 e. The number of hydrogen-bond acceptors (Lipinski definition) is 2. The van der Waals surface area contributed by atoms with Gasteiger partial charge in [0.1, 0.15) is 0 Å². The van der Waals surface area contributed by atoms with Crippen LogP contribution < -0.4 is 5.32 Å².